The Morgan fingerprint density at radius 2 is 2.26 bits per heavy atom. The van der Waals surface area contributed by atoms with Gasteiger partial charge in [-0.2, -0.15) is 0 Å². The summed E-state index contributed by atoms with van der Waals surface area (Å²) in [5.74, 6) is 0.152. The van der Waals surface area contributed by atoms with Crippen molar-refractivity contribution in [3.63, 3.8) is 0 Å². The van der Waals surface area contributed by atoms with Gasteiger partial charge < -0.3 is 4.74 Å². The van der Waals surface area contributed by atoms with E-state index >= 15 is 0 Å². The summed E-state index contributed by atoms with van der Waals surface area (Å²) in [7, 11) is 1.66. The molecule has 0 N–H and O–H groups in total. The number of carbonyl (C=O) groups excluding carboxylic acids is 1. The number of ether oxygens (including phenoxy) is 1. The van der Waals surface area contributed by atoms with Crippen LogP contribution in [0.15, 0.2) is 23.8 Å². The molecule has 0 heterocycles. The van der Waals surface area contributed by atoms with Crippen molar-refractivity contribution in [3.05, 3.63) is 23.8 Å². The largest absolute Gasteiger partial charge is 0.383 e. The standard InChI is InChI=1S/C15H24ClNO2/c1-6-15(13(4)18)9-7-8-11(2)14(15)17(16)12(3)10-19-5/h7-9,12,14H,6,10H2,1-5H3. The summed E-state index contributed by atoms with van der Waals surface area (Å²) in [5, 5.41) is 0. The Kier molecular flexibility index (Phi) is 5.78. The van der Waals surface area contributed by atoms with Gasteiger partial charge in [-0.05, 0) is 39.0 Å². The Labute approximate surface area is 121 Å². The predicted octanol–water partition coefficient (Wildman–Crippen LogP) is 3.35. The smallest absolute Gasteiger partial charge is 0.141 e. The highest BCUT2D eigenvalue weighted by Gasteiger charge is 2.45. The van der Waals surface area contributed by atoms with Gasteiger partial charge >= 0.3 is 0 Å². The molecule has 3 atom stereocenters. The van der Waals surface area contributed by atoms with Gasteiger partial charge in [0.25, 0.3) is 0 Å². The van der Waals surface area contributed by atoms with Gasteiger partial charge in [0.05, 0.1) is 18.1 Å². The summed E-state index contributed by atoms with van der Waals surface area (Å²) in [4.78, 5) is 12.2. The molecule has 4 heteroatoms. The number of hydrogen-bond donors (Lipinski definition) is 0. The monoisotopic (exact) mass is 285 g/mol. The number of allylic oxidation sites excluding steroid dienone is 2. The van der Waals surface area contributed by atoms with Crippen LogP contribution in [0.1, 0.15) is 34.1 Å². The molecule has 0 amide bonds. The van der Waals surface area contributed by atoms with Gasteiger partial charge in [0, 0.05) is 13.2 Å². The summed E-state index contributed by atoms with van der Waals surface area (Å²) in [6.07, 6.45) is 6.71. The van der Waals surface area contributed by atoms with Crippen molar-refractivity contribution in [2.75, 3.05) is 13.7 Å². The molecule has 0 aromatic heterocycles. The first kappa shape index (κ1) is 16.4. The molecule has 1 aliphatic rings. The van der Waals surface area contributed by atoms with E-state index in [4.69, 9.17) is 16.5 Å². The minimum Gasteiger partial charge on any atom is -0.383 e. The van der Waals surface area contributed by atoms with E-state index < -0.39 is 5.41 Å². The van der Waals surface area contributed by atoms with Crippen LogP contribution in [0.3, 0.4) is 0 Å². The van der Waals surface area contributed by atoms with E-state index in [2.05, 4.69) is 0 Å². The zero-order chi connectivity index (χ0) is 14.6. The third kappa shape index (κ3) is 3.10. The van der Waals surface area contributed by atoms with Crippen molar-refractivity contribution in [2.24, 2.45) is 5.41 Å². The molecule has 0 saturated heterocycles. The summed E-state index contributed by atoms with van der Waals surface area (Å²) in [6.45, 7) is 8.24. The van der Waals surface area contributed by atoms with Crippen LogP contribution < -0.4 is 0 Å². The molecule has 3 unspecified atom stereocenters. The van der Waals surface area contributed by atoms with E-state index in [0.29, 0.717) is 6.61 Å². The van der Waals surface area contributed by atoms with Crippen LogP contribution in [-0.4, -0.2) is 36.0 Å². The van der Waals surface area contributed by atoms with E-state index in [9.17, 15) is 4.79 Å². The third-order valence-electron chi connectivity index (χ3n) is 3.99. The van der Waals surface area contributed by atoms with Crippen molar-refractivity contribution in [1.29, 1.82) is 0 Å². The zero-order valence-electron chi connectivity index (χ0n) is 12.4. The highest BCUT2D eigenvalue weighted by Crippen LogP contribution is 2.41. The van der Waals surface area contributed by atoms with Gasteiger partial charge in [0.15, 0.2) is 0 Å². The van der Waals surface area contributed by atoms with Crippen molar-refractivity contribution in [3.8, 4) is 0 Å². The number of nitrogens with zero attached hydrogens (tertiary/aromatic N) is 1. The van der Waals surface area contributed by atoms with Gasteiger partial charge in [-0.15, -0.1) is 0 Å². The van der Waals surface area contributed by atoms with Crippen LogP contribution in [0.5, 0.6) is 0 Å². The maximum atomic E-state index is 12.2. The average Bonchev–Trinajstić information content (AvgIpc) is 2.37. The van der Waals surface area contributed by atoms with Crippen molar-refractivity contribution >= 4 is 17.6 Å². The van der Waals surface area contributed by atoms with Gasteiger partial charge in [0.1, 0.15) is 5.78 Å². The van der Waals surface area contributed by atoms with E-state index in [1.165, 1.54) is 0 Å². The summed E-state index contributed by atoms with van der Waals surface area (Å²) >= 11 is 6.52. The fourth-order valence-electron chi connectivity index (χ4n) is 2.81. The minimum atomic E-state index is -0.539. The normalized spacial score (nSPS) is 28.4. The number of Topliss-reactive ketones (excluding diaryl/α,β-unsaturated/α-hetero) is 1. The fourth-order valence-corrected chi connectivity index (χ4v) is 3.20. The molecule has 0 radical (unpaired) electrons. The molecular weight excluding hydrogens is 262 g/mol. The highest BCUT2D eigenvalue weighted by atomic mass is 35.5. The lowest BCUT2D eigenvalue weighted by Gasteiger charge is -2.44. The van der Waals surface area contributed by atoms with Crippen LogP contribution in [-0.2, 0) is 9.53 Å². The maximum Gasteiger partial charge on any atom is 0.141 e. The van der Waals surface area contributed by atoms with E-state index in [0.717, 1.165) is 12.0 Å². The summed E-state index contributed by atoms with van der Waals surface area (Å²) in [6, 6.07) is -0.0800. The van der Waals surface area contributed by atoms with Gasteiger partial charge in [-0.3, -0.25) is 4.79 Å². The maximum absolute atomic E-state index is 12.2. The van der Waals surface area contributed by atoms with Crippen molar-refractivity contribution in [2.45, 2.75) is 46.2 Å². The van der Waals surface area contributed by atoms with Gasteiger partial charge in [-0.1, -0.05) is 30.7 Å². The first-order valence-corrected chi connectivity index (χ1v) is 7.04. The van der Waals surface area contributed by atoms with E-state index in [-0.39, 0.29) is 17.9 Å². The van der Waals surface area contributed by atoms with Crippen LogP contribution in [0, 0.1) is 5.41 Å². The van der Waals surface area contributed by atoms with E-state index in [1.807, 2.05) is 39.0 Å². The van der Waals surface area contributed by atoms with Crippen molar-refractivity contribution in [1.82, 2.24) is 4.42 Å². The molecule has 108 valence electrons. The highest BCUT2D eigenvalue weighted by molar-refractivity contribution is 6.14. The first-order valence-electron chi connectivity index (χ1n) is 6.70. The fraction of sp³-hybridized carbons (Fsp3) is 0.667. The SMILES string of the molecule is CCC1(C(C)=O)C=CC=C(C)C1N(Cl)C(C)COC. The Morgan fingerprint density at radius 1 is 1.63 bits per heavy atom. The molecule has 0 spiro atoms. The summed E-state index contributed by atoms with van der Waals surface area (Å²) in [5.41, 5.74) is 0.570. The van der Waals surface area contributed by atoms with E-state index in [1.54, 1.807) is 18.5 Å². The lowest BCUT2D eigenvalue weighted by molar-refractivity contribution is -0.126. The molecule has 19 heavy (non-hydrogen) atoms. The second kappa shape index (κ2) is 6.69. The molecule has 0 saturated carbocycles. The molecule has 3 nitrogen and oxygen atoms in total. The summed E-state index contributed by atoms with van der Waals surface area (Å²) < 4.78 is 6.90. The van der Waals surface area contributed by atoms with Gasteiger partial charge in [-0.25, -0.2) is 4.42 Å². The minimum absolute atomic E-state index is 0.0387. The first-order chi connectivity index (χ1) is 8.90. The van der Waals surface area contributed by atoms with Gasteiger partial charge in [0.2, 0.25) is 0 Å². The average molecular weight is 286 g/mol. The number of halogens is 1. The number of rotatable bonds is 6. The quantitative estimate of drug-likeness (QED) is 0.701. The lowest BCUT2D eigenvalue weighted by Crippen LogP contribution is -2.51. The number of carbonyl (C=O) groups is 1. The van der Waals surface area contributed by atoms with Crippen LogP contribution >= 0.6 is 11.8 Å². The molecule has 0 bridgehead atoms. The molecular formula is C15H24ClNO2. The Hall–Kier alpha value is -0.640. The molecule has 0 fully saturated rings. The number of methoxy groups -OCH3 is 1. The Bertz CT molecular complexity index is 392. The number of ketones is 1. The second-order valence-electron chi connectivity index (χ2n) is 5.27. The van der Waals surface area contributed by atoms with Crippen LogP contribution in [0.4, 0.5) is 0 Å². The number of hydrogen-bond acceptors (Lipinski definition) is 3. The Morgan fingerprint density at radius 3 is 2.74 bits per heavy atom. The molecule has 1 rings (SSSR count). The van der Waals surface area contributed by atoms with Crippen LogP contribution in [0.25, 0.3) is 0 Å². The van der Waals surface area contributed by atoms with Crippen LogP contribution in [0.2, 0.25) is 0 Å². The second-order valence-corrected chi connectivity index (χ2v) is 5.66. The molecule has 1 aliphatic carbocycles. The third-order valence-corrected chi connectivity index (χ3v) is 4.52. The topological polar surface area (TPSA) is 29.5 Å². The zero-order valence-corrected chi connectivity index (χ0v) is 13.2. The lowest BCUT2D eigenvalue weighted by atomic mass is 9.69. The molecule has 0 aromatic carbocycles. The molecule has 0 aliphatic heterocycles. The molecule has 0 aromatic rings. The van der Waals surface area contributed by atoms with Crippen molar-refractivity contribution < 1.29 is 9.53 Å². The Balaban J connectivity index is 3.14. The predicted molar refractivity (Wildman–Crippen MR) is 79.1 cm³/mol.